The monoisotopic (exact) mass is 349 g/mol. The number of nitrogens with zero attached hydrogens (tertiary/aromatic N) is 2. The average Bonchev–Trinajstić information content (AvgIpc) is 2.81. The van der Waals surface area contributed by atoms with Crippen LogP contribution in [0.4, 0.5) is 0 Å². The summed E-state index contributed by atoms with van der Waals surface area (Å²) in [7, 11) is 0. The maximum absolute atomic E-state index is 12.5. The van der Waals surface area contributed by atoms with Crippen LogP contribution in [0, 0.1) is 45.9 Å². The Bertz CT molecular complexity index is 1100. The van der Waals surface area contributed by atoms with Crippen molar-refractivity contribution in [1.29, 1.82) is 5.26 Å². The second-order valence-electron chi connectivity index (χ2n) is 6.36. The zero-order valence-corrected chi connectivity index (χ0v) is 15.8. The highest BCUT2D eigenvalue weighted by molar-refractivity contribution is 7.18. The van der Waals surface area contributed by atoms with Crippen LogP contribution in [0.2, 0.25) is 0 Å². The number of thiophene rings is 1. The predicted molar refractivity (Wildman–Crippen MR) is 104 cm³/mol. The molecule has 3 aromatic rings. The third-order valence-electron chi connectivity index (χ3n) is 4.44. The molecule has 2 heterocycles. The van der Waals surface area contributed by atoms with E-state index in [1.165, 1.54) is 16.9 Å². The SMILES string of the molecule is Cc1cc(C)c(/C=C(/C#N)c2nc3sc(C)c(C)c3c(=O)[nH]2)c(C)c1. The molecule has 1 aromatic carbocycles. The molecule has 0 aliphatic carbocycles. The van der Waals surface area contributed by atoms with Gasteiger partial charge in [-0.2, -0.15) is 5.26 Å². The number of aromatic amines is 1. The molecule has 0 bridgehead atoms. The van der Waals surface area contributed by atoms with Crippen molar-refractivity contribution in [1.82, 2.24) is 9.97 Å². The Morgan fingerprint density at radius 1 is 1.20 bits per heavy atom. The molecule has 126 valence electrons. The van der Waals surface area contributed by atoms with Crippen LogP contribution < -0.4 is 5.56 Å². The molecule has 0 saturated carbocycles. The van der Waals surface area contributed by atoms with Gasteiger partial charge in [0.05, 0.1) is 11.0 Å². The molecule has 0 saturated heterocycles. The lowest BCUT2D eigenvalue weighted by atomic mass is 9.98. The highest BCUT2D eigenvalue weighted by Crippen LogP contribution is 2.27. The Hall–Kier alpha value is -2.71. The van der Waals surface area contributed by atoms with Crippen molar-refractivity contribution in [3.8, 4) is 6.07 Å². The van der Waals surface area contributed by atoms with Crippen molar-refractivity contribution >= 4 is 33.2 Å². The number of nitrogens with one attached hydrogen (secondary N) is 1. The summed E-state index contributed by atoms with van der Waals surface area (Å²) in [4.78, 5) is 21.5. The van der Waals surface area contributed by atoms with Gasteiger partial charge in [0, 0.05) is 4.88 Å². The van der Waals surface area contributed by atoms with Crippen LogP contribution in [-0.2, 0) is 0 Å². The number of benzene rings is 1. The average molecular weight is 349 g/mol. The van der Waals surface area contributed by atoms with Gasteiger partial charge >= 0.3 is 0 Å². The van der Waals surface area contributed by atoms with Crippen LogP contribution in [0.5, 0.6) is 0 Å². The highest BCUT2D eigenvalue weighted by Gasteiger charge is 2.14. The van der Waals surface area contributed by atoms with Gasteiger partial charge in [-0.05, 0) is 62.9 Å². The van der Waals surface area contributed by atoms with E-state index in [9.17, 15) is 10.1 Å². The smallest absolute Gasteiger partial charge is 0.260 e. The van der Waals surface area contributed by atoms with Crippen molar-refractivity contribution in [2.75, 3.05) is 0 Å². The number of aromatic nitrogens is 2. The Morgan fingerprint density at radius 2 is 1.84 bits per heavy atom. The summed E-state index contributed by atoms with van der Waals surface area (Å²) in [6, 6.07) is 6.35. The first kappa shape index (κ1) is 17.1. The van der Waals surface area contributed by atoms with Gasteiger partial charge in [0.2, 0.25) is 0 Å². The summed E-state index contributed by atoms with van der Waals surface area (Å²) in [5.41, 5.74) is 5.48. The molecule has 3 rings (SSSR count). The lowest BCUT2D eigenvalue weighted by Gasteiger charge is -2.08. The number of allylic oxidation sites excluding steroid dienone is 1. The summed E-state index contributed by atoms with van der Waals surface area (Å²) in [5.74, 6) is 0.320. The second-order valence-corrected chi connectivity index (χ2v) is 7.56. The summed E-state index contributed by atoms with van der Waals surface area (Å²) < 4.78 is 0. The van der Waals surface area contributed by atoms with E-state index in [0.29, 0.717) is 21.6 Å². The molecule has 25 heavy (non-hydrogen) atoms. The van der Waals surface area contributed by atoms with Crippen molar-refractivity contribution in [3.05, 3.63) is 61.0 Å². The third-order valence-corrected chi connectivity index (χ3v) is 5.54. The van der Waals surface area contributed by atoms with Crippen LogP contribution in [0.15, 0.2) is 16.9 Å². The zero-order valence-electron chi connectivity index (χ0n) is 14.9. The number of aryl methyl sites for hydroxylation is 5. The van der Waals surface area contributed by atoms with E-state index in [2.05, 4.69) is 28.2 Å². The van der Waals surface area contributed by atoms with Crippen molar-refractivity contribution in [3.63, 3.8) is 0 Å². The zero-order chi connectivity index (χ0) is 18.3. The fourth-order valence-electron chi connectivity index (χ4n) is 3.10. The number of hydrogen-bond acceptors (Lipinski definition) is 4. The van der Waals surface area contributed by atoms with Crippen LogP contribution >= 0.6 is 11.3 Å². The molecular weight excluding hydrogens is 330 g/mol. The summed E-state index contributed by atoms with van der Waals surface area (Å²) in [5, 5.41) is 10.2. The lowest BCUT2D eigenvalue weighted by Crippen LogP contribution is -2.11. The first-order valence-corrected chi connectivity index (χ1v) is 8.83. The van der Waals surface area contributed by atoms with Gasteiger partial charge in [-0.25, -0.2) is 4.98 Å². The quantitative estimate of drug-likeness (QED) is 0.688. The minimum absolute atomic E-state index is 0.194. The fraction of sp³-hybridized carbons (Fsp3) is 0.250. The Labute approximate surface area is 150 Å². The van der Waals surface area contributed by atoms with Crippen molar-refractivity contribution in [2.45, 2.75) is 34.6 Å². The number of fused-ring (bicyclic) bond motifs is 1. The van der Waals surface area contributed by atoms with Gasteiger partial charge in [-0.3, -0.25) is 4.79 Å². The molecule has 0 fully saturated rings. The summed E-state index contributed by atoms with van der Waals surface area (Å²) in [6.45, 7) is 9.98. The van der Waals surface area contributed by atoms with E-state index in [0.717, 1.165) is 27.1 Å². The molecule has 0 aliphatic rings. The van der Waals surface area contributed by atoms with E-state index in [1.807, 2.05) is 40.7 Å². The standard InChI is InChI=1S/C20H19N3OS/c1-10-6-11(2)16(12(3)7-10)8-15(9-21)18-22-19(24)17-13(4)14(5)25-20(17)23-18/h6-8H,1-5H3,(H,22,23,24)/b15-8-. The summed E-state index contributed by atoms with van der Waals surface area (Å²) in [6.07, 6.45) is 1.81. The minimum atomic E-state index is -0.194. The molecule has 5 heteroatoms. The molecule has 1 N–H and O–H groups in total. The van der Waals surface area contributed by atoms with Crippen LogP contribution in [0.25, 0.3) is 21.9 Å². The van der Waals surface area contributed by atoms with E-state index >= 15 is 0 Å². The molecule has 0 radical (unpaired) electrons. The van der Waals surface area contributed by atoms with Crippen molar-refractivity contribution in [2.24, 2.45) is 0 Å². The van der Waals surface area contributed by atoms with Gasteiger partial charge < -0.3 is 4.98 Å². The Morgan fingerprint density at radius 3 is 2.44 bits per heavy atom. The molecular formula is C20H19N3OS. The lowest BCUT2D eigenvalue weighted by molar-refractivity contribution is 1.13. The topological polar surface area (TPSA) is 69.5 Å². The largest absolute Gasteiger partial charge is 0.305 e. The van der Waals surface area contributed by atoms with Gasteiger partial charge in [0.15, 0.2) is 5.82 Å². The normalized spacial score (nSPS) is 11.8. The maximum atomic E-state index is 12.5. The molecule has 0 amide bonds. The molecule has 0 spiro atoms. The molecule has 0 atom stereocenters. The first-order valence-electron chi connectivity index (χ1n) is 8.02. The number of H-pyrrole nitrogens is 1. The van der Waals surface area contributed by atoms with Gasteiger partial charge in [-0.1, -0.05) is 17.7 Å². The predicted octanol–water partition coefficient (Wildman–Crippen LogP) is 4.59. The first-order chi connectivity index (χ1) is 11.8. The highest BCUT2D eigenvalue weighted by atomic mass is 32.1. The Kier molecular flexibility index (Phi) is 4.32. The Balaban J connectivity index is 2.22. The van der Waals surface area contributed by atoms with Gasteiger partial charge in [-0.15, -0.1) is 11.3 Å². The second kappa shape index (κ2) is 6.30. The van der Waals surface area contributed by atoms with Crippen LogP contribution in [0.3, 0.4) is 0 Å². The fourth-order valence-corrected chi connectivity index (χ4v) is 4.13. The van der Waals surface area contributed by atoms with Gasteiger partial charge in [0.1, 0.15) is 10.9 Å². The molecule has 2 aromatic heterocycles. The number of hydrogen-bond donors (Lipinski definition) is 1. The molecule has 4 nitrogen and oxygen atoms in total. The van der Waals surface area contributed by atoms with Crippen LogP contribution in [0.1, 0.15) is 38.5 Å². The van der Waals surface area contributed by atoms with E-state index in [-0.39, 0.29) is 5.56 Å². The van der Waals surface area contributed by atoms with Gasteiger partial charge in [0.25, 0.3) is 5.56 Å². The van der Waals surface area contributed by atoms with E-state index < -0.39 is 0 Å². The maximum Gasteiger partial charge on any atom is 0.260 e. The molecule has 0 unspecified atom stereocenters. The van der Waals surface area contributed by atoms with E-state index in [4.69, 9.17) is 0 Å². The van der Waals surface area contributed by atoms with Crippen LogP contribution in [-0.4, -0.2) is 9.97 Å². The van der Waals surface area contributed by atoms with E-state index in [1.54, 1.807) is 0 Å². The van der Waals surface area contributed by atoms with Crippen molar-refractivity contribution < 1.29 is 0 Å². The number of nitriles is 1. The number of rotatable bonds is 2. The third kappa shape index (κ3) is 3.01. The molecule has 0 aliphatic heterocycles. The summed E-state index contributed by atoms with van der Waals surface area (Å²) >= 11 is 1.48. The minimum Gasteiger partial charge on any atom is -0.305 e.